The Hall–Kier alpha value is -1.76. The lowest BCUT2D eigenvalue weighted by Gasteiger charge is -2.49. The molecule has 2 aliphatic rings. The van der Waals surface area contributed by atoms with Crippen LogP contribution >= 0.6 is 0 Å². The average Bonchev–Trinajstić information content (AvgIpc) is 2.55. The van der Waals surface area contributed by atoms with Crippen molar-refractivity contribution >= 4 is 22.1 Å². The maximum Gasteiger partial charge on any atom is 0.432 e. The van der Waals surface area contributed by atoms with E-state index in [1.807, 2.05) is 0 Å². The van der Waals surface area contributed by atoms with E-state index in [4.69, 9.17) is 4.74 Å². The highest BCUT2D eigenvalue weighted by Crippen LogP contribution is 2.51. The SMILES string of the molecule is C=C(C)C(=O)OC1(C)CC2CC(C)C(C(=O)OC(C(F)(F)F)C(F)(F)S(=O)(=O)[O-])C(C2)C1. The largest absolute Gasteiger partial charge is 0.743 e. The van der Waals surface area contributed by atoms with Crippen molar-refractivity contribution in [2.24, 2.45) is 23.7 Å². The van der Waals surface area contributed by atoms with Crippen LogP contribution in [-0.2, 0) is 29.2 Å². The van der Waals surface area contributed by atoms with E-state index in [1.165, 1.54) is 6.92 Å². The molecular formula is C19H24F5O7S-. The lowest BCUT2D eigenvalue weighted by atomic mass is 9.59. The minimum atomic E-state index is -6.78. The van der Waals surface area contributed by atoms with Gasteiger partial charge in [0.15, 0.2) is 10.1 Å². The van der Waals surface area contributed by atoms with Crippen LogP contribution in [0.25, 0.3) is 0 Å². The van der Waals surface area contributed by atoms with Gasteiger partial charge in [-0.15, -0.1) is 0 Å². The number of carbonyl (C=O) groups excluding carboxylic acids is 2. The summed E-state index contributed by atoms with van der Waals surface area (Å²) in [5.74, 6) is -4.93. The van der Waals surface area contributed by atoms with Crippen LogP contribution in [0.2, 0.25) is 0 Å². The first-order valence-corrected chi connectivity index (χ1v) is 11.2. The Balaban J connectivity index is 2.30. The van der Waals surface area contributed by atoms with Gasteiger partial charge in [-0.3, -0.25) is 4.79 Å². The molecule has 6 unspecified atom stereocenters. The predicted molar refractivity (Wildman–Crippen MR) is 98.0 cm³/mol. The predicted octanol–water partition coefficient (Wildman–Crippen LogP) is 3.55. The fourth-order valence-electron chi connectivity index (χ4n) is 4.90. The molecule has 32 heavy (non-hydrogen) atoms. The molecule has 2 rings (SSSR count). The Morgan fingerprint density at radius 1 is 1.16 bits per heavy atom. The van der Waals surface area contributed by atoms with Gasteiger partial charge in [0, 0.05) is 5.57 Å². The van der Waals surface area contributed by atoms with Gasteiger partial charge in [-0.25, -0.2) is 13.2 Å². The van der Waals surface area contributed by atoms with Gasteiger partial charge >= 0.3 is 23.4 Å². The molecule has 0 amide bonds. The van der Waals surface area contributed by atoms with Crippen molar-refractivity contribution in [3.05, 3.63) is 12.2 Å². The second kappa shape index (κ2) is 8.54. The fourth-order valence-corrected chi connectivity index (χ4v) is 5.35. The van der Waals surface area contributed by atoms with Crippen LogP contribution in [0.1, 0.15) is 46.5 Å². The highest BCUT2D eigenvalue weighted by Gasteiger charge is 2.63. The lowest BCUT2D eigenvalue weighted by Crippen LogP contribution is -2.54. The molecule has 6 atom stereocenters. The maximum atomic E-state index is 13.7. The lowest BCUT2D eigenvalue weighted by molar-refractivity contribution is -0.263. The number of fused-ring (bicyclic) bond motifs is 2. The summed E-state index contributed by atoms with van der Waals surface area (Å²) >= 11 is 0. The van der Waals surface area contributed by atoms with E-state index in [0.29, 0.717) is 19.3 Å². The van der Waals surface area contributed by atoms with Crippen molar-refractivity contribution in [2.45, 2.75) is 69.6 Å². The summed E-state index contributed by atoms with van der Waals surface area (Å²) in [7, 11) is -6.78. The van der Waals surface area contributed by atoms with Crippen molar-refractivity contribution in [3.63, 3.8) is 0 Å². The van der Waals surface area contributed by atoms with Gasteiger partial charge in [-0.2, -0.15) is 22.0 Å². The van der Waals surface area contributed by atoms with Gasteiger partial charge < -0.3 is 14.0 Å². The third-order valence-electron chi connectivity index (χ3n) is 6.01. The first-order valence-electron chi connectivity index (χ1n) is 9.78. The summed E-state index contributed by atoms with van der Waals surface area (Å²) in [5, 5.41) is -5.90. The molecule has 0 heterocycles. The smallest absolute Gasteiger partial charge is 0.432 e. The fraction of sp³-hybridized carbons (Fsp3) is 0.789. The second-order valence-electron chi connectivity index (χ2n) is 9.00. The molecule has 7 nitrogen and oxygen atoms in total. The van der Waals surface area contributed by atoms with Gasteiger partial charge in [-0.1, -0.05) is 13.5 Å². The van der Waals surface area contributed by atoms with Crippen molar-refractivity contribution in [1.82, 2.24) is 0 Å². The summed E-state index contributed by atoms with van der Waals surface area (Å²) < 4.78 is 109. The maximum absolute atomic E-state index is 13.7. The summed E-state index contributed by atoms with van der Waals surface area (Å²) in [5.41, 5.74) is -0.936. The van der Waals surface area contributed by atoms with Crippen molar-refractivity contribution in [3.8, 4) is 0 Å². The van der Waals surface area contributed by atoms with Crippen LogP contribution in [0.3, 0.4) is 0 Å². The number of rotatable bonds is 6. The third kappa shape index (κ3) is 5.41. The number of halogens is 5. The van der Waals surface area contributed by atoms with Crippen molar-refractivity contribution < 1.29 is 54.0 Å². The minimum Gasteiger partial charge on any atom is -0.743 e. The summed E-state index contributed by atoms with van der Waals surface area (Å²) in [4.78, 5) is 24.6. The first-order chi connectivity index (χ1) is 14.3. The highest BCUT2D eigenvalue weighted by atomic mass is 32.2. The molecule has 0 aliphatic heterocycles. The monoisotopic (exact) mass is 491 g/mol. The summed E-state index contributed by atoms with van der Waals surface area (Å²) in [6.45, 7) is 8.05. The molecule has 13 heteroatoms. The first kappa shape index (κ1) is 26.5. The highest BCUT2D eigenvalue weighted by molar-refractivity contribution is 7.86. The molecule has 184 valence electrons. The minimum absolute atomic E-state index is 0.0439. The zero-order valence-electron chi connectivity index (χ0n) is 17.6. The Kier molecular flexibility index (Phi) is 7.07. The van der Waals surface area contributed by atoms with Crippen molar-refractivity contribution in [1.29, 1.82) is 0 Å². The zero-order valence-corrected chi connectivity index (χ0v) is 18.4. The number of hydrogen-bond acceptors (Lipinski definition) is 7. The van der Waals surface area contributed by atoms with E-state index >= 15 is 0 Å². The molecule has 2 bridgehead atoms. The standard InChI is InChI=1S/C19H25F5O7S/c1-9(2)14(25)31-17(4)7-11-5-10(3)13(12(6-11)8-17)15(26)30-16(18(20,21)22)19(23,24)32(27,28)29/h10-13,16H,1,5-8H2,2-4H3,(H,27,28,29)/p-1. The average molecular weight is 491 g/mol. The number of hydrogen-bond donors (Lipinski definition) is 0. The van der Waals surface area contributed by atoms with Crippen LogP contribution in [0.5, 0.6) is 0 Å². The van der Waals surface area contributed by atoms with E-state index in [9.17, 15) is 44.5 Å². The molecule has 0 N–H and O–H groups in total. The van der Waals surface area contributed by atoms with Crippen LogP contribution < -0.4 is 0 Å². The van der Waals surface area contributed by atoms with Crippen LogP contribution in [0.15, 0.2) is 12.2 Å². The van der Waals surface area contributed by atoms with Gasteiger partial charge in [0.2, 0.25) is 0 Å². The molecular weight excluding hydrogens is 467 g/mol. The van der Waals surface area contributed by atoms with Gasteiger partial charge in [-0.05, 0) is 57.3 Å². The molecule has 2 saturated carbocycles. The number of carbonyl (C=O) groups is 2. The molecule has 0 aromatic carbocycles. The molecule has 0 aromatic rings. The molecule has 0 radical (unpaired) electrons. The molecule has 0 spiro atoms. The summed E-state index contributed by atoms with van der Waals surface area (Å²) in [6.07, 6.45) is -9.27. The van der Waals surface area contributed by atoms with E-state index in [-0.39, 0.29) is 17.9 Å². The van der Waals surface area contributed by atoms with Gasteiger partial charge in [0.25, 0.3) is 6.10 Å². The molecule has 2 fully saturated rings. The number of esters is 2. The van der Waals surface area contributed by atoms with Crippen LogP contribution in [0.4, 0.5) is 22.0 Å². The number of ether oxygens (including phenoxy) is 2. The molecule has 2 aliphatic carbocycles. The van der Waals surface area contributed by atoms with Crippen LogP contribution in [-0.4, -0.2) is 48.0 Å². The van der Waals surface area contributed by atoms with E-state index < -0.39 is 62.9 Å². The summed E-state index contributed by atoms with van der Waals surface area (Å²) in [6, 6.07) is 0. The van der Waals surface area contributed by atoms with Crippen LogP contribution in [0, 0.1) is 23.7 Å². The normalized spacial score (nSPS) is 32.0. The van der Waals surface area contributed by atoms with Gasteiger partial charge in [0.05, 0.1) is 5.92 Å². The zero-order chi connectivity index (χ0) is 24.9. The Labute approximate surface area is 182 Å². The molecule has 0 aromatic heterocycles. The second-order valence-corrected chi connectivity index (χ2v) is 10.5. The topological polar surface area (TPSA) is 110 Å². The quantitative estimate of drug-likeness (QED) is 0.242. The van der Waals surface area contributed by atoms with Gasteiger partial charge in [0.1, 0.15) is 5.60 Å². The Bertz CT molecular complexity index is 883. The van der Waals surface area contributed by atoms with Crippen molar-refractivity contribution in [2.75, 3.05) is 0 Å². The van der Waals surface area contributed by atoms with E-state index in [0.717, 1.165) is 0 Å². The van der Waals surface area contributed by atoms with E-state index in [1.54, 1.807) is 13.8 Å². The van der Waals surface area contributed by atoms with E-state index in [2.05, 4.69) is 11.3 Å². The Morgan fingerprint density at radius 3 is 2.19 bits per heavy atom. The Morgan fingerprint density at radius 2 is 1.72 bits per heavy atom. The number of alkyl halides is 5. The molecule has 0 saturated heterocycles. The third-order valence-corrected chi connectivity index (χ3v) is 6.89.